The van der Waals surface area contributed by atoms with Crippen LogP contribution in [0.3, 0.4) is 0 Å². The lowest BCUT2D eigenvalue weighted by Crippen LogP contribution is -2.44. The number of nitrogens with one attached hydrogen (secondary N) is 1. The number of carbonyl (C=O) groups is 1. The Hall–Kier alpha value is -2.62. The third kappa shape index (κ3) is 3.61. The van der Waals surface area contributed by atoms with Gasteiger partial charge in [-0.3, -0.25) is 9.78 Å². The fourth-order valence-electron chi connectivity index (χ4n) is 4.23. The van der Waals surface area contributed by atoms with Gasteiger partial charge in [0.05, 0.1) is 0 Å². The fourth-order valence-corrected chi connectivity index (χ4v) is 4.23. The summed E-state index contributed by atoms with van der Waals surface area (Å²) in [5, 5.41) is 1.15. The molecule has 1 aromatic carbocycles. The summed E-state index contributed by atoms with van der Waals surface area (Å²) in [5.74, 6) is 0.145. The van der Waals surface area contributed by atoms with Crippen molar-refractivity contribution in [1.29, 1.82) is 0 Å². The first-order chi connectivity index (χ1) is 13.1. The maximum Gasteiger partial charge on any atom is 0.270 e. The lowest BCUT2D eigenvalue weighted by molar-refractivity contribution is 0.0595. The van der Waals surface area contributed by atoms with Crippen molar-refractivity contribution < 1.29 is 4.79 Å². The minimum Gasteiger partial charge on any atom is -0.350 e. The minimum absolute atomic E-state index is 0.145. The Morgan fingerprint density at radius 1 is 1.22 bits per heavy atom. The van der Waals surface area contributed by atoms with E-state index in [4.69, 9.17) is 0 Å². The number of aryl methyl sites for hydroxylation is 3. The number of aromatic amines is 1. The highest BCUT2D eigenvalue weighted by Gasteiger charge is 2.29. The van der Waals surface area contributed by atoms with Crippen LogP contribution in [0.25, 0.3) is 10.9 Å². The van der Waals surface area contributed by atoms with Crippen molar-refractivity contribution in [3.8, 4) is 0 Å². The molecule has 3 heterocycles. The molecule has 1 amide bonds. The fraction of sp³-hybridized carbons (Fsp3) is 0.391. The van der Waals surface area contributed by atoms with Crippen molar-refractivity contribution in [1.82, 2.24) is 14.9 Å². The van der Waals surface area contributed by atoms with Gasteiger partial charge in [-0.25, -0.2) is 0 Å². The van der Waals surface area contributed by atoms with E-state index in [1.807, 2.05) is 18.3 Å². The van der Waals surface area contributed by atoms with Gasteiger partial charge >= 0.3 is 0 Å². The molecule has 1 aliphatic heterocycles. The van der Waals surface area contributed by atoms with Crippen LogP contribution in [0.15, 0.2) is 42.6 Å². The Labute approximate surface area is 160 Å². The molecule has 4 nitrogen and oxygen atoms in total. The normalized spacial score (nSPS) is 17.4. The second kappa shape index (κ2) is 7.55. The molecule has 0 radical (unpaired) electrons. The molecule has 0 saturated carbocycles. The summed E-state index contributed by atoms with van der Waals surface area (Å²) in [5.41, 5.74) is 5.18. The number of likely N-dealkylation sites (tertiary alicyclic amines) is 1. The molecular formula is C23H27N3O. The van der Waals surface area contributed by atoms with Gasteiger partial charge in [-0.05, 0) is 75.8 Å². The first-order valence-corrected chi connectivity index (χ1v) is 9.93. The third-order valence-corrected chi connectivity index (χ3v) is 5.78. The lowest BCUT2D eigenvalue weighted by atomic mass is 9.96. The molecule has 0 spiro atoms. The number of piperidine rings is 1. The van der Waals surface area contributed by atoms with Crippen LogP contribution in [0.1, 0.15) is 53.0 Å². The molecule has 1 N–H and O–H groups in total. The van der Waals surface area contributed by atoms with Gasteiger partial charge in [-0.1, -0.05) is 17.7 Å². The van der Waals surface area contributed by atoms with Gasteiger partial charge in [-0.2, -0.15) is 0 Å². The molecule has 0 aliphatic carbocycles. The molecule has 3 aromatic rings. The van der Waals surface area contributed by atoms with Crippen LogP contribution in [0.2, 0.25) is 0 Å². The molecular weight excluding hydrogens is 334 g/mol. The zero-order valence-electron chi connectivity index (χ0n) is 16.2. The van der Waals surface area contributed by atoms with E-state index >= 15 is 0 Å². The van der Waals surface area contributed by atoms with Crippen LogP contribution in [-0.4, -0.2) is 33.4 Å². The van der Waals surface area contributed by atoms with E-state index in [1.54, 1.807) is 0 Å². The first-order valence-electron chi connectivity index (χ1n) is 9.93. The Balaban J connectivity index is 1.56. The number of rotatable bonds is 4. The van der Waals surface area contributed by atoms with Crippen molar-refractivity contribution in [2.45, 2.75) is 52.0 Å². The van der Waals surface area contributed by atoms with Crippen LogP contribution in [0, 0.1) is 13.8 Å². The second-order valence-corrected chi connectivity index (χ2v) is 7.68. The monoisotopic (exact) mass is 361 g/mol. The molecule has 4 rings (SSSR count). The SMILES string of the molecule is Cc1ccc2[nH]c(C(=O)N3CCCCC3CCc3ccccn3)c(C)c2c1. The Morgan fingerprint density at radius 3 is 2.93 bits per heavy atom. The Kier molecular flexibility index (Phi) is 4.97. The average Bonchev–Trinajstić information content (AvgIpc) is 3.03. The van der Waals surface area contributed by atoms with Gasteiger partial charge in [0.25, 0.3) is 5.91 Å². The summed E-state index contributed by atoms with van der Waals surface area (Å²) in [7, 11) is 0. The number of nitrogens with zero attached hydrogens (tertiary/aromatic N) is 2. The molecule has 1 aliphatic rings. The van der Waals surface area contributed by atoms with E-state index in [0.29, 0.717) is 6.04 Å². The quantitative estimate of drug-likeness (QED) is 0.725. The van der Waals surface area contributed by atoms with Crippen molar-refractivity contribution in [2.24, 2.45) is 0 Å². The van der Waals surface area contributed by atoms with Gasteiger partial charge in [-0.15, -0.1) is 0 Å². The average molecular weight is 361 g/mol. The number of carbonyl (C=O) groups excluding carboxylic acids is 1. The number of hydrogen-bond donors (Lipinski definition) is 1. The predicted molar refractivity (Wildman–Crippen MR) is 109 cm³/mol. The van der Waals surface area contributed by atoms with E-state index in [-0.39, 0.29) is 5.91 Å². The molecule has 27 heavy (non-hydrogen) atoms. The number of benzene rings is 1. The molecule has 1 saturated heterocycles. The smallest absolute Gasteiger partial charge is 0.270 e. The van der Waals surface area contributed by atoms with Crippen molar-refractivity contribution in [3.63, 3.8) is 0 Å². The summed E-state index contributed by atoms with van der Waals surface area (Å²) < 4.78 is 0. The zero-order chi connectivity index (χ0) is 18.8. The van der Waals surface area contributed by atoms with E-state index < -0.39 is 0 Å². The number of hydrogen-bond acceptors (Lipinski definition) is 2. The van der Waals surface area contributed by atoms with Crippen molar-refractivity contribution >= 4 is 16.8 Å². The molecule has 0 bridgehead atoms. The third-order valence-electron chi connectivity index (χ3n) is 5.78. The van der Waals surface area contributed by atoms with E-state index in [2.05, 4.69) is 53.0 Å². The standard InChI is InChI=1S/C23H27N3O/c1-16-9-12-21-20(15-16)17(2)22(25-21)23(27)26-14-6-4-8-19(26)11-10-18-7-3-5-13-24-18/h3,5,7,9,12-13,15,19,25H,4,6,8,10-11,14H2,1-2H3. The Bertz CT molecular complexity index is 945. The number of amides is 1. The van der Waals surface area contributed by atoms with Gasteiger partial charge in [0.15, 0.2) is 0 Å². The van der Waals surface area contributed by atoms with Crippen LogP contribution >= 0.6 is 0 Å². The second-order valence-electron chi connectivity index (χ2n) is 7.68. The van der Waals surface area contributed by atoms with Gasteiger partial charge < -0.3 is 9.88 Å². The summed E-state index contributed by atoms with van der Waals surface area (Å²) >= 11 is 0. The topological polar surface area (TPSA) is 49.0 Å². The summed E-state index contributed by atoms with van der Waals surface area (Å²) in [4.78, 5) is 23.3. The minimum atomic E-state index is 0.145. The zero-order valence-corrected chi connectivity index (χ0v) is 16.2. The van der Waals surface area contributed by atoms with E-state index in [1.165, 1.54) is 12.0 Å². The summed E-state index contributed by atoms with van der Waals surface area (Å²) in [6, 6.07) is 12.7. The van der Waals surface area contributed by atoms with Crippen molar-refractivity contribution in [2.75, 3.05) is 6.54 Å². The van der Waals surface area contributed by atoms with Crippen LogP contribution in [0.4, 0.5) is 0 Å². The van der Waals surface area contributed by atoms with Gasteiger partial charge in [0.2, 0.25) is 0 Å². The maximum atomic E-state index is 13.4. The summed E-state index contributed by atoms with van der Waals surface area (Å²) in [6.45, 7) is 4.99. The number of aromatic nitrogens is 2. The molecule has 1 unspecified atom stereocenters. The van der Waals surface area contributed by atoms with Crippen LogP contribution in [0.5, 0.6) is 0 Å². The number of H-pyrrole nitrogens is 1. The van der Waals surface area contributed by atoms with E-state index in [0.717, 1.165) is 60.1 Å². The lowest BCUT2D eigenvalue weighted by Gasteiger charge is -2.36. The molecule has 4 heteroatoms. The molecule has 1 fully saturated rings. The number of pyridine rings is 1. The van der Waals surface area contributed by atoms with Gasteiger partial charge in [0, 0.05) is 35.4 Å². The van der Waals surface area contributed by atoms with Crippen molar-refractivity contribution in [3.05, 3.63) is 65.1 Å². The van der Waals surface area contributed by atoms with Crippen LogP contribution < -0.4 is 0 Å². The maximum absolute atomic E-state index is 13.4. The number of fused-ring (bicyclic) bond motifs is 1. The predicted octanol–water partition coefficient (Wildman–Crippen LogP) is 4.81. The highest BCUT2D eigenvalue weighted by atomic mass is 16.2. The van der Waals surface area contributed by atoms with Crippen LogP contribution in [-0.2, 0) is 6.42 Å². The Morgan fingerprint density at radius 2 is 2.11 bits per heavy atom. The molecule has 1 atom stereocenters. The molecule has 140 valence electrons. The first kappa shape index (κ1) is 17.8. The summed E-state index contributed by atoms with van der Waals surface area (Å²) in [6.07, 6.45) is 7.10. The highest BCUT2D eigenvalue weighted by molar-refractivity contribution is 6.01. The molecule has 2 aromatic heterocycles. The largest absolute Gasteiger partial charge is 0.350 e. The van der Waals surface area contributed by atoms with Gasteiger partial charge in [0.1, 0.15) is 5.69 Å². The van der Waals surface area contributed by atoms with E-state index in [9.17, 15) is 4.79 Å². The highest BCUT2D eigenvalue weighted by Crippen LogP contribution is 2.27.